The van der Waals surface area contributed by atoms with E-state index in [1.165, 1.54) is 30.3 Å². The summed E-state index contributed by atoms with van der Waals surface area (Å²) in [5.41, 5.74) is -4.81. The standard InChI is InChI=1S/C25H14F9NO3/c26-15-3-1-12(2-4-15)7-13-11-35-20-6-5-16(10-17(13)20)38-21-18(24(29,30)31)8-14(23(27,28)22(36)37)9-19(21)25(32,33)34/h1-6,8-11,35H,7H2,(H,36,37). The minimum absolute atomic E-state index is 0.226. The average molecular weight is 547 g/mol. The smallest absolute Gasteiger partial charge is 0.420 e. The van der Waals surface area contributed by atoms with Crippen molar-refractivity contribution in [1.82, 2.24) is 4.98 Å². The SMILES string of the molecule is O=C(O)C(F)(F)c1cc(C(F)(F)F)c(Oc2ccc3[nH]cc(Cc4ccc(F)cc4)c3c2)c(C(F)(F)F)c1. The van der Waals surface area contributed by atoms with E-state index in [1.807, 2.05) is 0 Å². The topological polar surface area (TPSA) is 62.3 Å². The van der Waals surface area contributed by atoms with Gasteiger partial charge < -0.3 is 14.8 Å². The van der Waals surface area contributed by atoms with E-state index in [0.717, 1.165) is 12.1 Å². The minimum Gasteiger partial charge on any atom is -0.477 e. The van der Waals surface area contributed by atoms with Crippen LogP contribution in [0.4, 0.5) is 39.5 Å². The van der Waals surface area contributed by atoms with Gasteiger partial charge in [-0.3, -0.25) is 0 Å². The maximum atomic E-state index is 14.0. The van der Waals surface area contributed by atoms with Crippen molar-refractivity contribution >= 4 is 16.9 Å². The molecule has 0 fully saturated rings. The van der Waals surface area contributed by atoms with E-state index in [4.69, 9.17) is 9.84 Å². The Hall–Kier alpha value is -4.16. The zero-order chi connectivity index (χ0) is 28.0. The van der Waals surface area contributed by atoms with Crippen molar-refractivity contribution in [3.8, 4) is 11.5 Å². The Bertz CT molecular complexity index is 1470. The summed E-state index contributed by atoms with van der Waals surface area (Å²) in [4.78, 5) is 13.7. The third kappa shape index (κ3) is 5.27. The van der Waals surface area contributed by atoms with Gasteiger partial charge in [-0.15, -0.1) is 0 Å². The molecule has 13 heteroatoms. The predicted molar refractivity (Wildman–Crippen MR) is 116 cm³/mol. The molecule has 1 heterocycles. The van der Waals surface area contributed by atoms with E-state index in [-0.39, 0.29) is 18.6 Å². The van der Waals surface area contributed by atoms with E-state index in [0.29, 0.717) is 22.0 Å². The molecular weight excluding hydrogens is 533 g/mol. The second kappa shape index (κ2) is 9.30. The molecular formula is C25H14F9NO3. The summed E-state index contributed by atoms with van der Waals surface area (Å²) in [6, 6.07) is 8.21. The van der Waals surface area contributed by atoms with E-state index in [2.05, 4.69) is 4.98 Å². The second-order valence-electron chi connectivity index (χ2n) is 8.20. The molecule has 200 valence electrons. The van der Waals surface area contributed by atoms with Gasteiger partial charge in [0.2, 0.25) is 0 Å². The number of carboxylic acid groups (broad SMARTS) is 1. The molecule has 0 spiro atoms. The zero-order valence-corrected chi connectivity index (χ0v) is 18.6. The number of alkyl halides is 8. The number of benzene rings is 3. The number of hydrogen-bond acceptors (Lipinski definition) is 2. The van der Waals surface area contributed by atoms with Gasteiger partial charge in [-0.1, -0.05) is 12.1 Å². The lowest BCUT2D eigenvalue weighted by molar-refractivity contribution is -0.167. The normalized spacial score (nSPS) is 12.7. The molecule has 0 saturated heterocycles. The number of halogens is 9. The molecule has 4 aromatic rings. The van der Waals surface area contributed by atoms with Crippen molar-refractivity contribution < 1.29 is 54.2 Å². The summed E-state index contributed by atoms with van der Waals surface area (Å²) in [6.07, 6.45) is -9.47. The zero-order valence-electron chi connectivity index (χ0n) is 18.6. The molecule has 3 aromatic carbocycles. The van der Waals surface area contributed by atoms with Crippen LogP contribution in [0.2, 0.25) is 0 Å². The van der Waals surface area contributed by atoms with Crippen LogP contribution in [0.3, 0.4) is 0 Å². The van der Waals surface area contributed by atoms with Gasteiger partial charge >= 0.3 is 24.2 Å². The number of H-pyrrole nitrogens is 1. The first kappa shape index (κ1) is 26.9. The molecule has 4 nitrogen and oxygen atoms in total. The van der Waals surface area contributed by atoms with Gasteiger partial charge in [-0.25, -0.2) is 9.18 Å². The van der Waals surface area contributed by atoms with Gasteiger partial charge in [0, 0.05) is 22.7 Å². The molecule has 1 aromatic heterocycles. The number of ether oxygens (including phenoxy) is 1. The van der Waals surface area contributed by atoms with Gasteiger partial charge in [0.15, 0.2) is 5.75 Å². The molecule has 0 atom stereocenters. The van der Waals surface area contributed by atoms with Gasteiger partial charge in [0.25, 0.3) is 0 Å². The lowest BCUT2D eigenvalue weighted by Gasteiger charge is -2.22. The van der Waals surface area contributed by atoms with E-state index in [9.17, 15) is 44.3 Å². The van der Waals surface area contributed by atoms with Crippen LogP contribution in [0, 0.1) is 5.82 Å². The molecule has 2 N–H and O–H groups in total. The van der Waals surface area contributed by atoms with Crippen molar-refractivity contribution in [2.45, 2.75) is 24.7 Å². The number of rotatable bonds is 6. The fourth-order valence-electron chi connectivity index (χ4n) is 3.77. The lowest BCUT2D eigenvalue weighted by atomic mass is 9.98. The van der Waals surface area contributed by atoms with Crippen LogP contribution >= 0.6 is 0 Å². The fraction of sp³-hybridized carbons (Fsp3) is 0.160. The summed E-state index contributed by atoms with van der Waals surface area (Å²) < 4.78 is 129. The van der Waals surface area contributed by atoms with Crippen LogP contribution in [0.15, 0.2) is 60.8 Å². The highest BCUT2D eigenvalue weighted by molar-refractivity contribution is 5.85. The quantitative estimate of drug-likeness (QED) is 0.241. The van der Waals surface area contributed by atoms with Crippen LogP contribution in [0.5, 0.6) is 11.5 Å². The Morgan fingerprint density at radius 2 is 1.42 bits per heavy atom. The monoisotopic (exact) mass is 547 g/mol. The number of nitrogens with one attached hydrogen (secondary N) is 1. The largest absolute Gasteiger partial charge is 0.477 e. The Kier molecular flexibility index (Phi) is 6.58. The van der Waals surface area contributed by atoms with Crippen LogP contribution < -0.4 is 4.74 Å². The van der Waals surface area contributed by atoms with Gasteiger partial charge in [0.05, 0.1) is 11.1 Å². The van der Waals surface area contributed by atoms with Crippen molar-refractivity contribution in [1.29, 1.82) is 0 Å². The number of aliphatic carboxylic acids is 1. The van der Waals surface area contributed by atoms with E-state index < -0.39 is 58.3 Å². The Morgan fingerprint density at radius 1 is 0.842 bits per heavy atom. The van der Waals surface area contributed by atoms with Gasteiger partial charge in [-0.2, -0.15) is 35.1 Å². The molecule has 0 aliphatic rings. The highest BCUT2D eigenvalue weighted by atomic mass is 19.4. The first-order chi connectivity index (χ1) is 17.6. The summed E-state index contributed by atoms with van der Waals surface area (Å²) in [5, 5.41) is 9.01. The Balaban J connectivity index is 1.84. The van der Waals surface area contributed by atoms with Crippen LogP contribution in [0.1, 0.15) is 27.8 Å². The van der Waals surface area contributed by atoms with Crippen molar-refractivity contribution in [3.05, 3.63) is 94.4 Å². The summed E-state index contributed by atoms with van der Waals surface area (Å²) >= 11 is 0. The number of aromatic nitrogens is 1. The fourth-order valence-corrected chi connectivity index (χ4v) is 3.77. The molecule has 0 unspecified atom stereocenters. The molecule has 0 bridgehead atoms. The van der Waals surface area contributed by atoms with E-state index in [1.54, 1.807) is 6.20 Å². The average Bonchev–Trinajstić information content (AvgIpc) is 3.21. The first-order valence-electron chi connectivity index (χ1n) is 10.5. The van der Waals surface area contributed by atoms with Gasteiger partial charge in [0.1, 0.15) is 11.6 Å². The molecule has 0 aliphatic carbocycles. The molecule has 0 aliphatic heterocycles. The number of aromatic amines is 1. The van der Waals surface area contributed by atoms with Crippen LogP contribution in [-0.2, 0) is 29.5 Å². The maximum absolute atomic E-state index is 14.0. The van der Waals surface area contributed by atoms with Crippen molar-refractivity contribution in [2.24, 2.45) is 0 Å². The lowest BCUT2D eigenvalue weighted by Crippen LogP contribution is -2.27. The first-order valence-corrected chi connectivity index (χ1v) is 10.5. The molecule has 4 rings (SSSR count). The summed E-state index contributed by atoms with van der Waals surface area (Å²) in [5.74, 6) is -10.7. The van der Waals surface area contributed by atoms with Crippen molar-refractivity contribution in [3.63, 3.8) is 0 Å². The van der Waals surface area contributed by atoms with E-state index >= 15 is 0 Å². The molecule has 38 heavy (non-hydrogen) atoms. The number of fused-ring (bicyclic) bond motifs is 1. The molecule has 0 amide bonds. The third-order valence-electron chi connectivity index (χ3n) is 5.60. The van der Waals surface area contributed by atoms with Crippen molar-refractivity contribution in [2.75, 3.05) is 0 Å². The maximum Gasteiger partial charge on any atom is 0.420 e. The third-order valence-corrected chi connectivity index (χ3v) is 5.60. The number of hydrogen-bond donors (Lipinski definition) is 2. The molecule has 0 saturated carbocycles. The second-order valence-corrected chi connectivity index (χ2v) is 8.20. The van der Waals surface area contributed by atoms with Crippen LogP contribution in [0.25, 0.3) is 10.9 Å². The number of carboxylic acids is 1. The summed E-state index contributed by atoms with van der Waals surface area (Å²) in [7, 11) is 0. The highest BCUT2D eigenvalue weighted by Crippen LogP contribution is 2.48. The summed E-state index contributed by atoms with van der Waals surface area (Å²) in [6.45, 7) is 0. The number of carbonyl (C=O) groups is 1. The van der Waals surface area contributed by atoms with Crippen LogP contribution in [-0.4, -0.2) is 16.1 Å². The Morgan fingerprint density at radius 3 is 1.95 bits per heavy atom. The molecule has 0 radical (unpaired) electrons. The predicted octanol–water partition coefficient (Wildman–Crippen LogP) is 7.90. The minimum atomic E-state index is -5.62. The van der Waals surface area contributed by atoms with Gasteiger partial charge in [-0.05, 0) is 60.0 Å². The Labute approximate surface area is 207 Å². The highest BCUT2D eigenvalue weighted by Gasteiger charge is 2.48.